The summed E-state index contributed by atoms with van der Waals surface area (Å²) in [5.74, 6) is 0.149. The van der Waals surface area contributed by atoms with Gasteiger partial charge in [0.15, 0.2) is 5.78 Å². The maximum atomic E-state index is 11.9. The number of allylic oxidation sites excluding steroid dienone is 1. The molecule has 0 amide bonds. The van der Waals surface area contributed by atoms with Gasteiger partial charge < -0.3 is 5.73 Å². The van der Waals surface area contributed by atoms with Crippen LogP contribution in [0.5, 0.6) is 0 Å². The van der Waals surface area contributed by atoms with Crippen LogP contribution in [0.1, 0.15) is 16.1 Å². The zero-order valence-electron chi connectivity index (χ0n) is 7.44. The van der Waals surface area contributed by atoms with Crippen molar-refractivity contribution >= 4 is 33.0 Å². The maximum Gasteiger partial charge on any atom is 0.180 e. The lowest BCUT2D eigenvalue weighted by molar-refractivity contribution is 0.0946. The fraction of sp³-hybridized carbons (Fsp3) is 0.300. The quantitative estimate of drug-likeness (QED) is 0.664. The van der Waals surface area contributed by atoms with E-state index in [2.05, 4.69) is 15.9 Å². The lowest BCUT2D eigenvalue weighted by Gasteiger charge is -2.06. The summed E-state index contributed by atoms with van der Waals surface area (Å²) in [6, 6.07) is 1.94. The number of carbonyl (C=O) groups is 1. The van der Waals surface area contributed by atoms with Gasteiger partial charge in [0, 0.05) is 16.4 Å². The molecular weight excluding hydrogens is 262 g/mol. The largest absolute Gasteiger partial charge is 0.324 e. The first-order chi connectivity index (χ1) is 6.68. The second kappa shape index (κ2) is 3.96. The molecule has 1 aliphatic carbocycles. The number of rotatable bonds is 2. The number of ketones is 1. The van der Waals surface area contributed by atoms with Crippen LogP contribution in [-0.2, 0) is 0 Å². The standard InChI is InChI=1S/C10H10BrNOS/c11-8-3-4-14-10(8)9(13)6-1-2-7(12)5-6/h1-4,6-7H,5,12H2. The highest BCUT2D eigenvalue weighted by atomic mass is 79.9. The topological polar surface area (TPSA) is 43.1 Å². The van der Waals surface area contributed by atoms with Gasteiger partial charge in [0.1, 0.15) is 0 Å². The SMILES string of the molecule is NC1C=CC(C(=O)c2sccc2Br)C1. The Morgan fingerprint density at radius 3 is 2.86 bits per heavy atom. The molecule has 0 aromatic carbocycles. The molecule has 74 valence electrons. The third-order valence-electron chi connectivity index (χ3n) is 2.29. The van der Waals surface area contributed by atoms with Gasteiger partial charge in [-0.2, -0.15) is 0 Å². The molecule has 0 bridgehead atoms. The van der Waals surface area contributed by atoms with Gasteiger partial charge in [-0.3, -0.25) is 4.79 Å². The summed E-state index contributed by atoms with van der Waals surface area (Å²) in [4.78, 5) is 12.7. The lowest BCUT2D eigenvalue weighted by Crippen LogP contribution is -2.18. The first-order valence-electron chi connectivity index (χ1n) is 4.39. The van der Waals surface area contributed by atoms with Gasteiger partial charge in [-0.25, -0.2) is 0 Å². The highest BCUT2D eigenvalue weighted by Crippen LogP contribution is 2.29. The van der Waals surface area contributed by atoms with Crippen LogP contribution in [0.15, 0.2) is 28.1 Å². The Labute approximate surface area is 94.9 Å². The van der Waals surface area contributed by atoms with Crippen molar-refractivity contribution in [3.05, 3.63) is 32.9 Å². The van der Waals surface area contributed by atoms with Crippen molar-refractivity contribution in [3.8, 4) is 0 Å². The Morgan fingerprint density at radius 2 is 2.36 bits per heavy atom. The fourth-order valence-electron chi connectivity index (χ4n) is 1.56. The molecule has 2 N–H and O–H groups in total. The molecule has 1 aromatic rings. The third-order valence-corrected chi connectivity index (χ3v) is 4.15. The summed E-state index contributed by atoms with van der Waals surface area (Å²) in [5.41, 5.74) is 5.71. The summed E-state index contributed by atoms with van der Waals surface area (Å²) >= 11 is 4.84. The second-order valence-electron chi connectivity index (χ2n) is 3.35. The van der Waals surface area contributed by atoms with E-state index in [1.807, 2.05) is 23.6 Å². The first kappa shape index (κ1) is 10.1. The Bertz CT molecular complexity index is 385. The average Bonchev–Trinajstić information content (AvgIpc) is 2.73. The van der Waals surface area contributed by atoms with Crippen LogP contribution in [0.25, 0.3) is 0 Å². The summed E-state index contributed by atoms with van der Waals surface area (Å²) in [5, 5.41) is 1.91. The van der Waals surface area contributed by atoms with Crippen molar-refractivity contribution in [2.75, 3.05) is 0 Å². The zero-order valence-corrected chi connectivity index (χ0v) is 9.85. The molecule has 0 saturated heterocycles. The van der Waals surface area contributed by atoms with E-state index >= 15 is 0 Å². The molecule has 1 aliphatic rings. The minimum atomic E-state index is -0.0278. The molecule has 0 saturated carbocycles. The number of hydrogen-bond donors (Lipinski definition) is 1. The highest BCUT2D eigenvalue weighted by molar-refractivity contribution is 9.10. The number of Topliss-reactive ketones (excluding diaryl/α,β-unsaturated/α-hetero) is 1. The van der Waals surface area contributed by atoms with E-state index in [1.165, 1.54) is 11.3 Å². The van der Waals surface area contributed by atoms with Gasteiger partial charge >= 0.3 is 0 Å². The maximum absolute atomic E-state index is 11.9. The fourth-order valence-corrected chi connectivity index (χ4v) is 3.13. The molecule has 1 aromatic heterocycles. The predicted octanol–water partition coefficient (Wildman–Crippen LogP) is 2.60. The van der Waals surface area contributed by atoms with Gasteiger partial charge in [0.25, 0.3) is 0 Å². The van der Waals surface area contributed by atoms with Crippen molar-refractivity contribution < 1.29 is 4.79 Å². The number of nitrogens with two attached hydrogens (primary N) is 1. The van der Waals surface area contributed by atoms with Crippen LogP contribution >= 0.6 is 27.3 Å². The van der Waals surface area contributed by atoms with Gasteiger partial charge in [-0.05, 0) is 33.8 Å². The Kier molecular flexibility index (Phi) is 2.85. The zero-order chi connectivity index (χ0) is 10.1. The molecule has 2 rings (SSSR count). The molecule has 4 heteroatoms. The van der Waals surface area contributed by atoms with Crippen LogP contribution < -0.4 is 5.73 Å². The molecule has 2 atom stereocenters. The Morgan fingerprint density at radius 1 is 1.57 bits per heavy atom. The smallest absolute Gasteiger partial charge is 0.180 e. The Hall–Kier alpha value is -0.450. The summed E-state index contributed by atoms with van der Waals surface area (Å²) < 4.78 is 0.890. The predicted molar refractivity (Wildman–Crippen MR) is 61.6 cm³/mol. The lowest BCUT2D eigenvalue weighted by atomic mass is 10.0. The molecule has 14 heavy (non-hydrogen) atoms. The minimum absolute atomic E-state index is 0.0278. The van der Waals surface area contributed by atoms with E-state index in [4.69, 9.17) is 5.73 Å². The van der Waals surface area contributed by atoms with Gasteiger partial charge in [-0.15, -0.1) is 11.3 Å². The molecule has 1 heterocycles. The molecule has 0 aliphatic heterocycles. The van der Waals surface area contributed by atoms with E-state index in [0.717, 1.165) is 15.8 Å². The van der Waals surface area contributed by atoms with Crippen molar-refractivity contribution in [1.82, 2.24) is 0 Å². The highest BCUT2D eigenvalue weighted by Gasteiger charge is 2.25. The summed E-state index contributed by atoms with van der Waals surface area (Å²) in [7, 11) is 0. The van der Waals surface area contributed by atoms with Crippen LogP contribution in [0.2, 0.25) is 0 Å². The monoisotopic (exact) mass is 271 g/mol. The first-order valence-corrected chi connectivity index (χ1v) is 6.07. The molecule has 0 spiro atoms. The van der Waals surface area contributed by atoms with E-state index in [1.54, 1.807) is 0 Å². The Balaban J connectivity index is 2.18. The van der Waals surface area contributed by atoms with Crippen molar-refractivity contribution in [2.24, 2.45) is 11.7 Å². The van der Waals surface area contributed by atoms with Crippen molar-refractivity contribution in [3.63, 3.8) is 0 Å². The normalized spacial score (nSPS) is 25.6. The summed E-state index contributed by atoms with van der Waals surface area (Å²) in [6.07, 6.45) is 4.56. The molecule has 2 nitrogen and oxygen atoms in total. The second-order valence-corrected chi connectivity index (χ2v) is 5.12. The van der Waals surface area contributed by atoms with Crippen LogP contribution in [0.3, 0.4) is 0 Å². The van der Waals surface area contributed by atoms with E-state index in [0.29, 0.717) is 0 Å². The van der Waals surface area contributed by atoms with Crippen molar-refractivity contribution in [2.45, 2.75) is 12.5 Å². The van der Waals surface area contributed by atoms with Crippen LogP contribution in [0, 0.1) is 5.92 Å². The van der Waals surface area contributed by atoms with Gasteiger partial charge in [-0.1, -0.05) is 12.2 Å². The van der Waals surface area contributed by atoms with Crippen LogP contribution in [0.4, 0.5) is 0 Å². The van der Waals surface area contributed by atoms with E-state index in [9.17, 15) is 4.79 Å². The molecule has 2 unspecified atom stereocenters. The molecular formula is C10H10BrNOS. The molecule has 0 fully saturated rings. The van der Waals surface area contributed by atoms with Gasteiger partial charge in [0.2, 0.25) is 0 Å². The van der Waals surface area contributed by atoms with E-state index < -0.39 is 0 Å². The number of thiophene rings is 1. The summed E-state index contributed by atoms with van der Waals surface area (Å²) in [6.45, 7) is 0. The van der Waals surface area contributed by atoms with Crippen molar-refractivity contribution in [1.29, 1.82) is 0 Å². The number of carbonyl (C=O) groups excluding carboxylic acids is 1. The van der Waals surface area contributed by atoms with E-state index in [-0.39, 0.29) is 17.7 Å². The molecule has 0 radical (unpaired) electrons. The third kappa shape index (κ3) is 1.82. The number of hydrogen-bond acceptors (Lipinski definition) is 3. The van der Waals surface area contributed by atoms with Crippen LogP contribution in [-0.4, -0.2) is 11.8 Å². The average molecular weight is 272 g/mol. The van der Waals surface area contributed by atoms with Gasteiger partial charge in [0.05, 0.1) is 4.88 Å². The number of halogens is 1. The minimum Gasteiger partial charge on any atom is -0.324 e.